The number of carbonyl (C=O) groups is 1. The number of hydrogen-bond donors (Lipinski definition) is 0. The lowest BCUT2D eigenvalue weighted by Crippen LogP contribution is -2.52. The summed E-state index contributed by atoms with van der Waals surface area (Å²) < 4.78 is 0.285. The van der Waals surface area contributed by atoms with Gasteiger partial charge in [0.15, 0.2) is 0 Å². The van der Waals surface area contributed by atoms with Crippen molar-refractivity contribution in [1.82, 2.24) is 0 Å². The predicted octanol–water partition coefficient (Wildman–Crippen LogP) is 2.45. The van der Waals surface area contributed by atoms with Crippen LogP contribution in [0.3, 0.4) is 0 Å². The van der Waals surface area contributed by atoms with Crippen molar-refractivity contribution in [2.45, 2.75) is 32.7 Å². The fourth-order valence-electron chi connectivity index (χ4n) is 1.51. The molecule has 0 spiro atoms. The standard InChI is InChI=1S/C12H22NO2/c1-6-9-11(4)13(5,10-7-2)15-12(14)8-3/h6,8,11H,1,3,7,9-10H2,2,4-5H3/q+1. The Balaban J connectivity index is 4.62. The topological polar surface area (TPSA) is 26.3 Å². The molecule has 0 rings (SSSR count). The monoisotopic (exact) mass is 212 g/mol. The molecule has 3 nitrogen and oxygen atoms in total. The highest BCUT2D eigenvalue weighted by Crippen LogP contribution is 2.16. The molecule has 0 saturated heterocycles. The molecule has 0 aromatic heterocycles. The van der Waals surface area contributed by atoms with Crippen LogP contribution in [-0.4, -0.2) is 30.2 Å². The molecule has 0 saturated carbocycles. The maximum Gasteiger partial charge on any atom is 0.389 e. The third-order valence-electron chi connectivity index (χ3n) is 2.57. The van der Waals surface area contributed by atoms with Crippen molar-refractivity contribution >= 4 is 5.97 Å². The van der Waals surface area contributed by atoms with E-state index in [1.54, 1.807) is 0 Å². The summed E-state index contributed by atoms with van der Waals surface area (Å²) in [6.07, 6.45) is 4.83. The molecule has 0 aliphatic rings. The molecule has 0 aliphatic heterocycles. The van der Waals surface area contributed by atoms with Crippen LogP contribution >= 0.6 is 0 Å². The highest BCUT2D eigenvalue weighted by Gasteiger charge is 2.32. The van der Waals surface area contributed by atoms with Gasteiger partial charge < -0.3 is 0 Å². The van der Waals surface area contributed by atoms with Crippen LogP contribution in [0.1, 0.15) is 26.7 Å². The molecule has 2 unspecified atom stereocenters. The number of carbonyl (C=O) groups excluding carboxylic acids is 1. The molecular formula is C12H22NO2+. The number of rotatable bonds is 7. The average Bonchev–Trinajstić information content (AvgIpc) is 2.18. The largest absolute Gasteiger partial charge is 0.389 e. The maximum atomic E-state index is 11.2. The van der Waals surface area contributed by atoms with Crippen LogP contribution in [0.15, 0.2) is 25.3 Å². The van der Waals surface area contributed by atoms with E-state index in [0.717, 1.165) is 19.4 Å². The zero-order chi connectivity index (χ0) is 11.9. The summed E-state index contributed by atoms with van der Waals surface area (Å²) in [6, 6.07) is 0.214. The quantitative estimate of drug-likeness (QED) is 0.280. The van der Waals surface area contributed by atoms with Crippen LogP contribution in [-0.2, 0) is 9.63 Å². The number of hydroxylamine groups is 3. The van der Waals surface area contributed by atoms with Gasteiger partial charge in [0.25, 0.3) is 0 Å². The lowest BCUT2D eigenvalue weighted by atomic mass is 10.2. The fraction of sp³-hybridized carbons (Fsp3) is 0.583. The van der Waals surface area contributed by atoms with Crippen molar-refractivity contribution in [2.75, 3.05) is 13.6 Å². The first-order valence-corrected chi connectivity index (χ1v) is 5.32. The average molecular weight is 212 g/mol. The Labute approximate surface area is 92.6 Å². The van der Waals surface area contributed by atoms with Gasteiger partial charge in [0.2, 0.25) is 0 Å². The molecule has 0 aromatic carbocycles. The molecule has 0 N–H and O–H groups in total. The van der Waals surface area contributed by atoms with Crippen LogP contribution in [0.4, 0.5) is 0 Å². The molecular weight excluding hydrogens is 190 g/mol. The molecule has 86 valence electrons. The first-order chi connectivity index (χ1) is 7.00. The first kappa shape index (κ1) is 13.9. The summed E-state index contributed by atoms with van der Waals surface area (Å²) in [5.74, 6) is -0.373. The van der Waals surface area contributed by atoms with E-state index in [1.807, 2.05) is 20.0 Å². The lowest BCUT2D eigenvalue weighted by molar-refractivity contribution is -1.09. The summed E-state index contributed by atoms with van der Waals surface area (Å²) in [5, 5.41) is 0. The van der Waals surface area contributed by atoms with Gasteiger partial charge in [0.1, 0.15) is 19.6 Å². The molecule has 0 aliphatic carbocycles. The SMILES string of the molecule is C=CCC(C)[N+](C)(CCC)OC(=O)C=C. The van der Waals surface area contributed by atoms with E-state index < -0.39 is 0 Å². The van der Waals surface area contributed by atoms with Gasteiger partial charge in [-0.1, -0.05) is 19.6 Å². The van der Waals surface area contributed by atoms with E-state index in [9.17, 15) is 4.79 Å². The minimum atomic E-state index is -0.373. The van der Waals surface area contributed by atoms with Crippen molar-refractivity contribution in [3.05, 3.63) is 25.3 Å². The van der Waals surface area contributed by atoms with Crippen LogP contribution in [0.2, 0.25) is 0 Å². The van der Waals surface area contributed by atoms with Crippen LogP contribution in [0, 0.1) is 0 Å². The summed E-state index contributed by atoms with van der Waals surface area (Å²) in [6.45, 7) is 12.0. The Kier molecular flexibility index (Phi) is 5.94. The Morgan fingerprint density at radius 2 is 2.13 bits per heavy atom. The van der Waals surface area contributed by atoms with Gasteiger partial charge in [-0.15, -0.1) is 11.2 Å². The maximum absolute atomic E-state index is 11.2. The van der Waals surface area contributed by atoms with Crippen molar-refractivity contribution in [3.63, 3.8) is 0 Å². The third-order valence-corrected chi connectivity index (χ3v) is 2.57. The van der Waals surface area contributed by atoms with E-state index in [-0.39, 0.29) is 16.7 Å². The molecule has 0 bridgehead atoms. The van der Waals surface area contributed by atoms with Gasteiger partial charge in [0.05, 0.1) is 0 Å². The third kappa shape index (κ3) is 4.30. The number of nitrogens with zero attached hydrogens (tertiary/aromatic N) is 1. The van der Waals surface area contributed by atoms with Gasteiger partial charge in [0, 0.05) is 12.5 Å². The molecule has 15 heavy (non-hydrogen) atoms. The summed E-state index contributed by atoms with van der Waals surface area (Å²) >= 11 is 0. The van der Waals surface area contributed by atoms with Crippen molar-refractivity contribution in [1.29, 1.82) is 0 Å². The van der Waals surface area contributed by atoms with E-state index in [2.05, 4.69) is 20.1 Å². The Bertz CT molecular complexity index is 238. The number of quaternary nitrogens is 1. The molecule has 0 amide bonds. The highest BCUT2D eigenvalue weighted by atomic mass is 16.7. The van der Waals surface area contributed by atoms with Gasteiger partial charge in [-0.3, -0.25) is 4.84 Å². The van der Waals surface area contributed by atoms with Crippen molar-refractivity contribution in [3.8, 4) is 0 Å². The second-order valence-electron chi connectivity index (χ2n) is 3.89. The summed E-state index contributed by atoms with van der Waals surface area (Å²) in [7, 11) is 1.92. The number of hydrogen-bond acceptors (Lipinski definition) is 2. The minimum absolute atomic E-state index is 0.214. The lowest BCUT2D eigenvalue weighted by Gasteiger charge is -2.35. The molecule has 0 aromatic rings. The van der Waals surface area contributed by atoms with Crippen LogP contribution in [0.25, 0.3) is 0 Å². The predicted molar refractivity (Wildman–Crippen MR) is 61.9 cm³/mol. The van der Waals surface area contributed by atoms with E-state index in [1.165, 1.54) is 6.08 Å². The Hall–Kier alpha value is -1.09. The fourth-order valence-corrected chi connectivity index (χ4v) is 1.51. The Morgan fingerprint density at radius 3 is 2.53 bits per heavy atom. The molecule has 0 fully saturated rings. The second kappa shape index (κ2) is 6.40. The normalized spacial score (nSPS) is 16.2. The van der Waals surface area contributed by atoms with E-state index in [0.29, 0.717) is 0 Å². The first-order valence-electron chi connectivity index (χ1n) is 5.32. The zero-order valence-corrected chi connectivity index (χ0v) is 10.0. The van der Waals surface area contributed by atoms with Gasteiger partial charge >= 0.3 is 5.97 Å². The Morgan fingerprint density at radius 1 is 1.53 bits per heavy atom. The molecule has 3 heteroatoms. The summed E-state index contributed by atoms with van der Waals surface area (Å²) in [4.78, 5) is 16.6. The molecule has 0 radical (unpaired) electrons. The van der Waals surface area contributed by atoms with E-state index >= 15 is 0 Å². The zero-order valence-electron chi connectivity index (χ0n) is 10.0. The van der Waals surface area contributed by atoms with Gasteiger partial charge in [-0.2, -0.15) is 0 Å². The van der Waals surface area contributed by atoms with Crippen LogP contribution < -0.4 is 0 Å². The van der Waals surface area contributed by atoms with Crippen molar-refractivity contribution in [2.24, 2.45) is 0 Å². The minimum Gasteiger partial charge on any atom is -0.272 e. The van der Waals surface area contributed by atoms with Crippen LogP contribution in [0.5, 0.6) is 0 Å². The summed E-state index contributed by atoms with van der Waals surface area (Å²) in [5.41, 5.74) is 0. The van der Waals surface area contributed by atoms with Gasteiger partial charge in [-0.05, 0) is 13.3 Å². The van der Waals surface area contributed by atoms with E-state index in [4.69, 9.17) is 4.84 Å². The molecule has 2 atom stereocenters. The second-order valence-corrected chi connectivity index (χ2v) is 3.89. The molecule has 0 heterocycles. The highest BCUT2D eigenvalue weighted by molar-refractivity contribution is 5.80. The van der Waals surface area contributed by atoms with Gasteiger partial charge in [-0.25, -0.2) is 4.79 Å². The smallest absolute Gasteiger partial charge is 0.272 e. The van der Waals surface area contributed by atoms with Crippen molar-refractivity contribution < 1.29 is 14.3 Å².